The number of thioether (sulfide) groups is 1. The Morgan fingerprint density at radius 2 is 1.79 bits per heavy atom. The molecule has 3 aliphatic rings. The normalized spacial score (nSPS) is 26.0. The Morgan fingerprint density at radius 1 is 1.12 bits per heavy atom. The molecule has 0 bridgehead atoms. The van der Waals surface area contributed by atoms with Gasteiger partial charge in [-0.25, -0.2) is 0 Å². The Morgan fingerprint density at radius 3 is 2.38 bits per heavy atom. The topological polar surface area (TPSA) is 52.7 Å². The smallest absolute Gasteiger partial charge is 0.246 e. The summed E-state index contributed by atoms with van der Waals surface area (Å²) in [5, 5.41) is 3.65. The van der Waals surface area contributed by atoms with Crippen molar-refractivity contribution in [3.63, 3.8) is 0 Å². The monoisotopic (exact) mass is 353 g/mol. The van der Waals surface area contributed by atoms with Gasteiger partial charge in [0.05, 0.1) is 5.88 Å². The number of likely N-dealkylation sites (tertiary alicyclic amines) is 1. The maximum atomic E-state index is 12.9. The van der Waals surface area contributed by atoms with E-state index in [-0.39, 0.29) is 17.9 Å². The Balaban J connectivity index is 1.51. The van der Waals surface area contributed by atoms with Gasteiger partial charge in [0.15, 0.2) is 0 Å². The first-order chi connectivity index (χ1) is 11.4. The van der Waals surface area contributed by atoms with Crippen LogP contribution < -0.4 is 5.32 Å². The number of hydrogen-bond acceptors (Lipinski definition) is 4. The molecule has 2 amide bonds. The van der Waals surface area contributed by atoms with Crippen LogP contribution in [0.15, 0.2) is 0 Å². The average molecular weight is 354 g/mol. The van der Waals surface area contributed by atoms with E-state index in [1.54, 1.807) is 16.7 Å². The first-order valence-corrected chi connectivity index (χ1v) is 10.4. The second-order valence-corrected chi connectivity index (χ2v) is 9.49. The second kappa shape index (κ2) is 7.24. The van der Waals surface area contributed by atoms with Gasteiger partial charge in [-0.2, -0.15) is 0 Å². The van der Waals surface area contributed by atoms with Gasteiger partial charge in [0.2, 0.25) is 11.8 Å². The van der Waals surface area contributed by atoms with Crippen molar-refractivity contribution in [2.75, 3.05) is 31.3 Å². The van der Waals surface area contributed by atoms with Crippen molar-refractivity contribution in [2.24, 2.45) is 11.3 Å². The highest BCUT2D eigenvalue weighted by Gasteiger charge is 2.41. The maximum absolute atomic E-state index is 12.9. The summed E-state index contributed by atoms with van der Waals surface area (Å²) in [4.78, 5) is 29.3. The van der Waals surface area contributed by atoms with Crippen molar-refractivity contribution in [1.29, 1.82) is 0 Å². The van der Waals surface area contributed by atoms with E-state index in [4.69, 9.17) is 0 Å². The van der Waals surface area contributed by atoms with Crippen LogP contribution in [0.25, 0.3) is 0 Å². The highest BCUT2D eigenvalue weighted by molar-refractivity contribution is 7.99. The number of nitrogens with one attached hydrogen (secondary N) is 1. The number of rotatable bonds is 4. The van der Waals surface area contributed by atoms with E-state index < -0.39 is 5.41 Å². The molecule has 1 saturated carbocycles. The lowest BCUT2D eigenvalue weighted by Crippen LogP contribution is -2.54. The van der Waals surface area contributed by atoms with Crippen LogP contribution in [0.4, 0.5) is 0 Å². The summed E-state index contributed by atoms with van der Waals surface area (Å²) in [7, 11) is 0. The SMILES string of the molecule is CC(C)(C)C(=O)N1CSCC1C(=O)N1CCC(NCC2CC2)CC1. The molecule has 2 saturated heterocycles. The van der Waals surface area contributed by atoms with E-state index >= 15 is 0 Å². The molecule has 3 rings (SSSR count). The Kier molecular flexibility index (Phi) is 5.45. The van der Waals surface area contributed by atoms with Crippen LogP contribution >= 0.6 is 11.8 Å². The summed E-state index contributed by atoms with van der Waals surface area (Å²) in [5.41, 5.74) is -0.427. The third kappa shape index (κ3) is 4.26. The molecule has 2 aliphatic heterocycles. The number of carbonyl (C=O) groups is 2. The summed E-state index contributed by atoms with van der Waals surface area (Å²) in [6, 6.07) is 0.289. The highest BCUT2D eigenvalue weighted by atomic mass is 32.2. The first kappa shape index (κ1) is 18.1. The molecule has 0 spiro atoms. The lowest BCUT2D eigenvalue weighted by molar-refractivity contribution is -0.148. The molecule has 1 N–H and O–H groups in total. The van der Waals surface area contributed by atoms with Crippen molar-refractivity contribution < 1.29 is 9.59 Å². The molecule has 1 aliphatic carbocycles. The van der Waals surface area contributed by atoms with Gasteiger partial charge in [-0.1, -0.05) is 20.8 Å². The molecule has 3 fully saturated rings. The molecule has 24 heavy (non-hydrogen) atoms. The minimum atomic E-state index is -0.427. The summed E-state index contributed by atoms with van der Waals surface area (Å²) >= 11 is 1.69. The molecule has 2 heterocycles. The van der Waals surface area contributed by atoms with Crippen molar-refractivity contribution in [3.8, 4) is 0 Å². The first-order valence-electron chi connectivity index (χ1n) is 9.27. The number of carbonyl (C=O) groups excluding carboxylic acids is 2. The highest BCUT2D eigenvalue weighted by Crippen LogP contribution is 2.30. The van der Waals surface area contributed by atoms with Crippen molar-refractivity contribution in [1.82, 2.24) is 15.1 Å². The van der Waals surface area contributed by atoms with Crippen LogP contribution in [0, 0.1) is 11.3 Å². The summed E-state index contributed by atoms with van der Waals surface area (Å²) in [5.74, 6) is 2.52. The molecule has 1 atom stereocenters. The van der Waals surface area contributed by atoms with Crippen LogP contribution in [0.2, 0.25) is 0 Å². The zero-order valence-electron chi connectivity index (χ0n) is 15.2. The van der Waals surface area contributed by atoms with Crippen LogP contribution in [0.3, 0.4) is 0 Å². The van der Waals surface area contributed by atoms with Gasteiger partial charge in [0.25, 0.3) is 0 Å². The molecule has 6 heteroatoms. The molecule has 0 aromatic carbocycles. The third-order valence-electron chi connectivity index (χ3n) is 5.27. The summed E-state index contributed by atoms with van der Waals surface area (Å²) in [6.45, 7) is 8.57. The Bertz CT molecular complexity index is 479. The lowest BCUT2D eigenvalue weighted by Gasteiger charge is -2.36. The van der Waals surface area contributed by atoms with Gasteiger partial charge in [0, 0.05) is 30.3 Å². The molecule has 1 unspecified atom stereocenters. The molecule has 0 aromatic rings. The molecule has 0 aromatic heterocycles. The predicted molar refractivity (Wildman–Crippen MR) is 97.7 cm³/mol. The zero-order valence-corrected chi connectivity index (χ0v) is 16.0. The van der Waals surface area contributed by atoms with Crippen molar-refractivity contribution >= 4 is 23.6 Å². The van der Waals surface area contributed by atoms with Gasteiger partial charge in [-0.15, -0.1) is 11.8 Å². The standard InChI is InChI=1S/C18H31N3O2S/c1-18(2,3)17(23)21-12-24-11-15(21)16(22)20-8-6-14(7-9-20)19-10-13-4-5-13/h13-15,19H,4-12H2,1-3H3. The minimum absolute atomic E-state index is 0.0897. The van der Waals surface area contributed by atoms with Crippen LogP contribution in [-0.2, 0) is 9.59 Å². The van der Waals surface area contributed by atoms with Crippen LogP contribution in [-0.4, -0.2) is 65.0 Å². The third-order valence-corrected chi connectivity index (χ3v) is 6.28. The van der Waals surface area contributed by atoms with Gasteiger partial charge in [-0.05, 0) is 38.1 Å². The van der Waals surface area contributed by atoms with Gasteiger partial charge in [-0.3, -0.25) is 9.59 Å². The predicted octanol–water partition coefficient (Wildman–Crippen LogP) is 1.92. The van der Waals surface area contributed by atoms with E-state index in [0.29, 0.717) is 11.9 Å². The van der Waals surface area contributed by atoms with Gasteiger partial charge >= 0.3 is 0 Å². The largest absolute Gasteiger partial charge is 0.341 e. The van der Waals surface area contributed by atoms with E-state index in [1.165, 1.54) is 12.8 Å². The summed E-state index contributed by atoms with van der Waals surface area (Å²) < 4.78 is 0. The number of piperidine rings is 1. The molecular weight excluding hydrogens is 322 g/mol. The quantitative estimate of drug-likeness (QED) is 0.839. The van der Waals surface area contributed by atoms with Crippen molar-refractivity contribution in [3.05, 3.63) is 0 Å². The zero-order chi connectivity index (χ0) is 17.3. The van der Waals surface area contributed by atoms with E-state index in [9.17, 15) is 9.59 Å². The molecule has 5 nitrogen and oxygen atoms in total. The second-order valence-electron chi connectivity index (χ2n) is 8.49. The fraction of sp³-hybridized carbons (Fsp3) is 0.889. The maximum Gasteiger partial charge on any atom is 0.246 e. The molecule has 0 radical (unpaired) electrons. The number of hydrogen-bond donors (Lipinski definition) is 1. The fourth-order valence-corrected chi connectivity index (χ4v) is 4.59. The van der Waals surface area contributed by atoms with Crippen LogP contribution in [0.5, 0.6) is 0 Å². The molecular formula is C18H31N3O2S. The Labute approximate surface area is 149 Å². The van der Waals surface area contributed by atoms with Gasteiger partial charge in [0.1, 0.15) is 6.04 Å². The van der Waals surface area contributed by atoms with Crippen LogP contribution in [0.1, 0.15) is 46.5 Å². The Hall–Kier alpha value is -0.750. The lowest BCUT2D eigenvalue weighted by atomic mass is 9.94. The van der Waals surface area contributed by atoms with Crippen molar-refractivity contribution in [2.45, 2.75) is 58.5 Å². The van der Waals surface area contributed by atoms with E-state index in [0.717, 1.165) is 44.1 Å². The number of nitrogens with zero attached hydrogens (tertiary/aromatic N) is 2. The van der Waals surface area contributed by atoms with E-state index in [1.807, 2.05) is 25.7 Å². The fourth-order valence-electron chi connectivity index (χ4n) is 3.45. The average Bonchev–Trinajstić information content (AvgIpc) is 3.25. The molecule has 136 valence electrons. The van der Waals surface area contributed by atoms with E-state index in [2.05, 4.69) is 5.32 Å². The van der Waals surface area contributed by atoms with Gasteiger partial charge < -0.3 is 15.1 Å². The summed E-state index contributed by atoms with van der Waals surface area (Å²) in [6.07, 6.45) is 4.82. The minimum Gasteiger partial charge on any atom is -0.341 e. The number of amides is 2.